The second-order valence-electron chi connectivity index (χ2n) is 24.6. The second-order valence-corrected chi connectivity index (χ2v) is 24.6. The van der Waals surface area contributed by atoms with Crippen LogP contribution in [-0.4, -0.2) is 0 Å². The van der Waals surface area contributed by atoms with E-state index in [1.54, 1.807) is 57.8 Å². The first-order valence-electron chi connectivity index (χ1n) is 23.5. The zero-order chi connectivity index (χ0) is 35.8. The first-order chi connectivity index (χ1) is 23.5. The van der Waals surface area contributed by atoms with Crippen LogP contribution in [0.25, 0.3) is 0 Å². The van der Waals surface area contributed by atoms with Gasteiger partial charge in [-0.2, -0.15) is 0 Å². The Hall–Kier alpha value is 0. The van der Waals surface area contributed by atoms with E-state index in [1.807, 2.05) is 0 Å². The standard InChI is InChI=1S/C50H86/c1-27(2)25-32-18-16-17-31-21-22-35-42-37(49(12,13)47(35)41(31)32)23-24-38-43(42)36-26-39(48(9,10)11)33-19-14-15-20-34(33)46(36)50(38)44(29(5)6)40(28(3)4)45(50)30(7)8/h27-47H,14-26H2,1-13H3. The fraction of sp³-hybridized carbons (Fsp3) is 1.00. The molecule has 8 fully saturated rings. The minimum atomic E-state index is 0.446. The maximum absolute atomic E-state index is 2.88. The predicted octanol–water partition coefficient (Wildman–Crippen LogP) is 14.3. The van der Waals surface area contributed by atoms with Crippen molar-refractivity contribution in [2.24, 2.45) is 141 Å². The molecule has 16 unspecified atom stereocenters. The summed E-state index contributed by atoms with van der Waals surface area (Å²) in [6.07, 6.45) is 20.3. The topological polar surface area (TPSA) is 0 Å². The summed E-state index contributed by atoms with van der Waals surface area (Å²) in [7, 11) is 0. The Morgan fingerprint density at radius 1 is 0.560 bits per heavy atom. The molecule has 0 aliphatic heterocycles. The van der Waals surface area contributed by atoms with Crippen LogP contribution in [0.4, 0.5) is 0 Å². The van der Waals surface area contributed by atoms with Crippen LogP contribution in [0.2, 0.25) is 0 Å². The van der Waals surface area contributed by atoms with Gasteiger partial charge < -0.3 is 0 Å². The van der Waals surface area contributed by atoms with Crippen LogP contribution < -0.4 is 0 Å². The molecule has 16 atom stereocenters. The molecule has 8 rings (SSSR count). The van der Waals surface area contributed by atoms with E-state index in [9.17, 15) is 0 Å². The molecule has 0 bridgehead atoms. The summed E-state index contributed by atoms with van der Waals surface area (Å²) in [4.78, 5) is 0. The molecule has 0 aromatic carbocycles. The molecule has 0 N–H and O–H groups in total. The Kier molecular flexibility index (Phi) is 9.44. The predicted molar refractivity (Wildman–Crippen MR) is 214 cm³/mol. The van der Waals surface area contributed by atoms with Gasteiger partial charge in [-0.25, -0.2) is 0 Å². The highest BCUT2D eigenvalue weighted by Crippen LogP contribution is 2.84. The maximum atomic E-state index is 2.88. The van der Waals surface area contributed by atoms with E-state index in [1.165, 1.54) is 25.7 Å². The molecule has 0 saturated heterocycles. The van der Waals surface area contributed by atoms with Gasteiger partial charge in [0.05, 0.1) is 0 Å². The Morgan fingerprint density at radius 3 is 1.78 bits per heavy atom. The van der Waals surface area contributed by atoms with Crippen molar-refractivity contribution in [2.75, 3.05) is 0 Å². The highest BCUT2D eigenvalue weighted by atomic mass is 14.8. The minimum Gasteiger partial charge on any atom is -0.0628 e. The molecule has 8 saturated carbocycles. The summed E-state index contributed by atoms with van der Waals surface area (Å²) in [5.41, 5.74) is 1.59. The van der Waals surface area contributed by atoms with Crippen molar-refractivity contribution in [1.82, 2.24) is 0 Å². The van der Waals surface area contributed by atoms with Crippen molar-refractivity contribution >= 4 is 0 Å². The lowest BCUT2D eigenvalue weighted by atomic mass is 9.32. The number of fused-ring (bicyclic) bond motifs is 13. The third-order valence-corrected chi connectivity index (χ3v) is 20.1. The molecule has 0 heterocycles. The molecule has 0 aromatic heterocycles. The van der Waals surface area contributed by atoms with Gasteiger partial charge in [0, 0.05) is 0 Å². The third kappa shape index (κ3) is 5.04. The van der Waals surface area contributed by atoms with Crippen LogP contribution in [0.3, 0.4) is 0 Å². The Bertz CT molecular complexity index is 1190. The molecule has 0 aromatic rings. The average molecular weight is 687 g/mol. The Labute approximate surface area is 313 Å². The lowest BCUT2D eigenvalue weighted by Gasteiger charge is -2.72. The summed E-state index contributed by atoms with van der Waals surface area (Å²) in [6.45, 7) is 35.0. The van der Waals surface area contributed by atoms with Gasteiger partial charge in [0.25, 0.3) is 0 Å². The molecule has 286 valence electrons. The zero-order valence-corrected chi connectivity index (χ0v) is 35.8. The third-order valence-electron chi connectivity index (χ3n) is 20.1. The second kappa shape index (κ2) is 12.8. The van der Waals surface area contributed by atoms with Crippen molar-refractivity contribution in [3.8, 4) is 0 Å². The lowest BCUT2D eigenvalue weighted by Crippen LogP contribution is -2.68. The van der Waals surface area contributed by atoms with Crippen LogP contribution in [0.1, 0.15) is 173 Å². The molecule has 0 heteroatoms. The van der Waals surface area contributed by atoms with Crippen molar-refractivity contribution in [2.45, 2.75) is 173 Å². The van der Waals surface area contributed by atoms with Gasteiger partial charge >= 0.3 is 0 Å². The molecule has 50 heavy (non-hydrogen) atoms. The van der Waals surface area contributed by atoms with Gasteiger partial charge in [-0.15, -0.1) is 0 Å². The molecule has 1 spiro atoms. The number of rotatable bonds is 5. The van der Waals surface area contributed by atoms with E-state index in [4.69, 9.17) is 0 Å². The van der Waals surface area contributed by atoms with Crippen LogP contribution in [0.5, 0.6) is 0 Å². The van der Waals surface area contributed by atoms with Crippen molar-refractivity contribution in [1.29, 1.82) is 0 Å². The van der Waals surface area contributed by atoms with Gasteiger partial charge in [0.15, 0.2) is 0 Å². The van der Waals surface area contributed by atoms with Gasteiger partial charge in [-0.05, 0) is 192 Å². The molecule has 0 nitrogen and oxygen atoms in total. The average Bonchev–Trinajstić information content (AvgIpc) is 3.45. The van der Waals surface area contributed by atoms with E-state index in [0.29, 0.717) is 16.2 Å². The SMILES string of the molecule is CC(C)CC1CCCC2CCC3C4C5C6CC(C(C)(C)C)C7CCCCC7C6C6(C5CCC4C(C)(C)C3C21)C(C(C)C)C(C(C)C)C6C(C)C. The van der Waals surface area contributed by atoms with Gasteiger partial charge in [-0.1, -0.05) is 122 Å². The van der Waals surface area contributed by atoms with Crippen molar-refractivity contribution in [3.05, 3.63) is 0 Å². The first kappa shape index (κ1) is 36.9. The summed E-state index contributed by atoms with van der Waals surface area (Å²) >= 11 is 0. The summed E-state index contributed by atoms with van der Waals surface area (Å²) < 4.78 is 0. The van der Waals surface area contributed by atoms with Crippen LogP contribution in [0, 0.1) is 141 Å². The highest BCUT2D eigenvalue weighted by Gasteiger charge is 2.80. The summed E-state index contributed by atoms with van der Waals surface area (Å²) in [5, 5.41) is 0. The smallest absolute Gasteiger partial charge is 0.0165 e. The normalized spacial score (nSPS) is 52.4. The minimum absolute atomic E-state index is 0.446. The Balaban J connectivity index is 1.29. The van der Waals surface area contributed by atoms with E-state index >= 15 is 0 Å². The van der Waals surface area contributed by atoms with Crippen molar-refractivity contribution in [3.63, 3.8) is 0 Å². The molecule has 8 aliphatic carbocycles. The van der Waals surface area contributed by atoms with Crippen LogP contribution >= 0.6 is 0 Å². The summed E-state index contributed by atoms with van der Waals surface area (Å²) in [6, 6.07) is 0. The highest BCUT2D eigenvalue weighted by molar-refractivity contribution is 5.27. The van der Waals surface area contributed by atoms with Crippen LogP contribution in [-0.2, 0) is 0 Å². The number of hydrogen-bond acceptors (Lipinski definition) is 0. The van der Waals surface area contributed by atoms with E-state index in [2.05, 4.69) is 90.0 Å². The first-order valence-corrected chi connectivity index (χ1v) is 23.5. The monoisotopic (exact) mass is 687 g/mol. The van der Waals surface area contributed by atoms with E-state index in [-0.39, 0.29) is 0 Å². The van der Waals surface area contributed by atoms with E-state index in [0.717, 1.165) is 124 Å². The fourth-order valence-electron chi connectivity index (χ4n) is 20.0. The number of hydrogen-bond donors (Lipinski definition) is 0. The van der Waals surface area contributed by atoms with Crippen LogP contribution in [0.15, 0.2) is 0 Å². The largest absolute Gasteiger partial charge is 0.0628 e. The fourth-order valence-corrected chi connectivity index (χ4v) is 20.0. The van der Waals surface area contributed by atoms with Crippen molar-refractivity contribution < 1.29 is 0 Å². The Morgan fingerprint density at radius 2 is 1.18 bits per heavy atom. The van der Waals surface area contributed by atoms with E-state index < -0.39 is 0 Å². The lowest BCUT2D eigenvalue weighted by molar-refractivity contribution is -0.256. The zero-order valence-electron chi connectivity index (χ0n) is 35.8. The van der Waals surface area contributed by atoms with Gasteiger partial charge in [0.1, 0.15) is 0 Å². The maximum Gasteiger partial charge on any atom is -0.0165 e. The van der Waals surface area contributed by atoms with Gasteiger partial charge in [0.2, 0.25) is 0 Å². The quantitative estimate of drug-likeness (QED) is 0.270. The molecule has 0 amide bonds. The molecule has 0 radical (unpaired) electrons. The molecule has 8 aliphatic rings. The van der Waals surface area contributed by atoms with Gasteiger partial charge in [-0.3, -0.25) is 0 Å². The molecular weight excluding hydrogens is 601 g/mol. The summed E-state index contributed by atoms with van der Waals surface area (Å²) in [5.74, 6) is 20.4. The molecular formula is C50H86.